The summed E-state index contributed by atoms with van der Waals surface area (Å²) in [6, 6.07) is 53.6. The maximum Gasteiger partial charge on any atom is 1.00 e. The molecule has 11 heteroatoms. The first-order valence-corrected chi connectivity index (χ1v) is 25.9. The van der Waals surface area contributed by atoms with Crippen LogP contribution in [-0.4, -0.2) is 16.0 Å². The van der Waals surface area contributed by atoms with Crippen molar-refractivity contribution in [2.45, 2.75) is 105 Å². The molecule has 369 valence electrons. The summed E-state index contributed by atoms with van der Waals surface area (Å²) in [5.74, 6) is 0. The molecule has 72 heavy (non-hydrogen) atoms. The molecule has 1 radical (unpaired) electrons. The molecular formula is C61H63Br2CuIK2N2O3. The minimum absolute atomic E-state index is 0. The standard InChI is InChI=1S/C30H30BrN.C20H25N.C10H6BrI.CH2O3.Cu.2K.H/c1-29(2,3)21-9-13-27-25(17-21)26-18-22(30(4,5)6)10-14-28(26)32(27)24-12-8-19-15-23(31)11-7-20(19)16-24;1-19(2,3)13-7-9-17-15(11-13)16-12-14(20(4,5)6)8-10-18(16)21-17;11-9-3-1-8-6-10(12)4-2-7(8)5-9;2-1-4-3;;;;/h7-18H,1-6H3;7-12,21H,1-6H3;1-6H;1,3H;;;;/q;;;;;2*+1;-1/p-1. The third-order valence-electron chi connectivity index (χ3n) is 12.7. The molecule has 0 aliphatic heterocycles. The van der Waals surface area contributed by atoms with Gasteiger partial charge in [0.25, 0.3) is 6.47 Å². The second kappa shape index (κ2) is 26.0. The average molecular weight is 1300 g/mol. The molecule has 0 aliphatic rings. The van der Waals surface area contributed by atoms with Gasteiger partial charge in [-0.3, -0.25) is 4.79 Å². The molecule has 0 fully saturated rings. The number of aromatic nitrogens is 2. The molecule has 8 aromatic carbocycles. The Morgan fingerprint density at radius 3 is 1.21 bits per heavy atom. The van der Waals surface area contributed by atoms with E-state index in [1.165, 1.54) is 96.7 Å². The number of halogens is 3. The first kappa shape index (κ1) is 63.3. The number of aromatic amines is 1. The van der Waals surface area contributed by atoms with Gasteiger partial charge in [0.05, 0.1) is 11.0 Å². The van der Waals surface area contributed by atoms with Crippen molar-refractivity contribution in [2.75, 3.05) is 0 Å². The van der Waals surface area contributed by atoms with Gasteiger partial charge in [-0.15, -0.1) is 0 Å². The van der Waals surface area contributed by atoms with Crippen LogP contribution in [-0.2, 0) is 48.4 Å². The Balaban J connectivity index is 0.000000296. The van der Waals surface area contributed by atoms with Crippen LogP contribution in [0.4, 0.5) is 0 Å². The van der Waals surface area contributed by atoms with Gasteiger partial charge in [-0.2, -0.15) is 0 Å². The zero-order valence-corrected chi connectivity index (χ0v) is 56.6. The SMILES string of the molecule is Brc1ccc2cc(I)ccc2c1.CC(C)(C)c1ccc2[nH]c3ccc(C(C)(C)C)cc3c2c1.CC(C)(C)c1ccc2c(c1)c1cc(C(C)(C)C)ccc1n2-c1ccc2cc(Br)ccc2c1.O=CO[O-].[Cu].[H-].[K+].[K+]. The third-order valence-corrected chi connectivity index (χ3v) is 14.3. The number of carbonyl (C=O) groups excluding carboxylic acids is 1. The van der Waals surface area contributed by atoms with E-state index in [-0.39, 0.29) is 149 Å². The number of rotatable bonds is 2. The summed E-state index contributed by atoms with van der Waals surface area (Å²) < 4.78 is 5.95. The number of nitrogens with zero attached hydrogens (tertiary/aromatic N) is 1. The van der Waals surface area contributed by atoms with Crippen LogP contribution in [0.2, 0.25) is 0 Å². The fraction of sp³-hybridized carbons (Fsp3) is 0.262. The van der Waals surface area contributed by atoms with Gasteiger partial charge < -0.3 is 21.1 Å². The number of nitrogens with one attached hydrogen (secondary N) is 1. The molecule has 2 heterocycles. The summed E-state index contributed by atoms with van der Waals surface area (Å²) in [5.41, 5.74) is 12.3. The predicted molar refractivity (Wildman–Crippen MR) is 309 cm³/mol. The molecule has 1 N–H and O–H groups in total. The molecule has 10 rings (SSSR count). The van der Waals surface area contributed by atoms with Gasteiger partial charge in [0.2, 0.25) is 0 Å². The van der Waals surface area contributed by atoms with Crippen LogP contribution < -0.4 is 108 Å². The monoisotopic (exact) mass is 1300 g/mol. The first-order chi connectivity index (χ1) is 32.3. The summed E-state index contributed by atoms with van der Waals surface area (Å²) in [7, 11) is 0. The van der Waals surface area contributed by atoms with Crippen LogP contribution >= 0.6 is 54.5 Å². The minimum atomic E-state index is -0.181. The van der Waals surface area contributed by atoms with Gasteiger partial charge in [0, 0.05) is 67.8 Å². The third kappa shape index (κ3) is 15.3. The predicted octanol–water partition coefficient (Wildman–Crippen LogP) is 12.0. The Labute approximate surface area is 553 Å². The molecule has 0 saturated heterocycles. The van der Waals surface area contributed by atoms with Gasteiger partial charge in [0.15, 0.2) is 0 Å². The largest absolute Gasteiger partial charge is 1.00 e. The topological polar surface area (TPSA) is 70.1 Å². The maximum absolute atomic E-state index is 8.64. The van der Waals surface area contributed by atoms with E-state index in [9.17, 15) is 0 Å². The molecule has 0 bridgehead atoms. The van der Waals surface area contributed by atoms with Crippen LogP contribution in [0.5, 0.6) is 0 Å². The van der Waals surface area contributed by atoms with Crippen molar-refractivity contribution >= 4 is 126 Å². The van der Waals surface area contributed by atoms with Crippen LogP contribution in [0, 0.1) is 3.57 Å². The van der Waals surface area contributed by atoms with Gasteiger partial charge in [-0.1, -0.05) is 163 Å². The van der Waals surface area contributed by atoms with Crippen molar-refractivity contribution in [3.05, 3.63) is 180 Å². The average Bonchev–Trinajstić information content (AvgIpc) is 3.82. The fourth-order valence-corrected chi connectivity index (χ4v) is 9.87. The summed E-state index contributed by atoms with van der Waals surface area (Å²) in [6.07, 6.45) is 0. The normalized spacial score (nSPS) is 11.6. The van der Waals surface area contributed by atoms with E-state index in [4.69, 9.17) is 10.1 Å². The summed E-state index contributed by atoms with van der Waals surface area (Å²) in [6.45, 7) is 27.1. The molecule has 0 aliphatic carbocycles. The molecule has 0 saturated carbocycles. The van der Waals surface area contributed by atoms with Crippen LogP contribution in [0.25, 0.3) is 70.8 Å². The van der Waals surface area contributed by atoms with Gasteiger partial charge >= 0.3 is 103 Å². The Kier molecular flexibility index (Phi) is 22.8. The van der Waals surface area contributed by atoms with Crippen molar-refractivity contribution in [1.82, 2.24) is 9.55 Å². The number of H-pyrrole nitrogens is 1. The number of hydrogen-bond donors (Lipinski definition) is 1. The molecule has 0 atom stereocenters. The first-order valence-electron chi connectivity index (χ1n) is 23.3. The summed E-state index contributed by atoms with van der Waals surface area (Å²) >= 11 is 9.37. The Hall–Kier alpha value is -1.21. The Bertz CT molecular complexity index is 3330. The zero-order chi connectivity index (χ0) is 50.2. The maximum atomic E-state index is 8.64. The number of benzene rings is 8. The van der Waals surface area contributed by atoms with Crippen LogP contribution in [0.3, 0.4) is 0 Å². The van der Waals surface area contributed by atoms with E-state index in [2.05, 4.69) is 298 Å². The van der Waals surface area contributed by atoms with Crippen molar-refractivity contribution in [2.24, 2.45) is 0 Å². The minimum Gasteiger partial charge on any atom is -1.00 e. The smallest absolute Gasteiger partial charge is 1.00 e. The van der Waals surface area contributed by atoms with Crippen LogP contribution in [0.1, 0.15) is 107 Å². The van der Waals surface area contributed by atoms with Crippen molar-refractivity contribution in [3.63, 3.8) is 0 Å². The second-order valence-corrected chi connectivity index (χ2v) is 25.0. The Morgan fingerprint density at radius 2 is 0.819 bits per heavy atom. The molecule has 0 amide bonds. The molecule has 2 aromatic heterocycles. The quantitative estimate of drug-likeness (QED) is 0.0616. The number of carbonyl (C=O) groups is 1. The van der Waals surface area contributed by atoms with E-state index in [1.807, 2.05) is 0 Å². The van der Waals surface area contributed by atoms with Crippen molar-refractivity contribution < 1.29 is 136 Å². The Morgan fingerprint density at radius 1 is 0.486 bits per heavy atom. The van der Waals surface area contributed by atoms with E-state index in [0.717, 1.165) is 8.95 Å². The van der Waals surface area contributed by atoms with E-state index in [1.54, 1.807) is 0 Å². The van der Waals surface area contributed by atoms with Gasteiger partial charge in [-0.25, -0.2) is 0 Å². The molecular weight excluding hydrogens is 1240 g/mol. The molecule has 0 spiro atoms. The van der Waals surface area contributed by atoms with E-state index >= 15 is 0 Å². The van der Waals surface area contributed by atoms with Crippen molar-refractivity contribution in [3.8, 4) is 5.69 Å². The summed E-state index contributed by atoms with van der Waals surface area (Å²) in [5, 5.41) is 18.8. The molecule has 10 aromatic rings. The molecule has 0 unspecified atom stereocenters. The van der Waals surface area contributed by atoms with E-state index in [0.29, 0.717) is 0 Å². The molecule has 5 nitrogen and oxygen atoms in total. The van der Waals surface area contributed by atoms with Gasteiger partial charge in [0.1, 0.15) is 0 Å². The fourth-order valence-electron chi connectivity index (χ4n) is 8.60. The second-order valence-electron chi connectivity index (χ2n) is 21.9. The van der Waals surface area contributed by atoms with E-state index < -0.39 is 0 Å². The number of hydrogen-bond acceptors (Lipinski definition) is 3. The van der Waals surface area contributed by atoms with Crippen LogP contribution in [0.15, 0.2) is 155 Å². The van der Waals surface area contributed by atoms with Gasteiger partial charge in [-0.05, 0) is 185 Å². The summed E-state index contributed by atoms with van der Waals surface area (Å²) in [4.78, 5) is 14.8. The number of fused-ring (bicyclic) bond motifs is 8. The van der Waals surface area contributed by atoms with Crippen molar-refractivity contribution in [1.29, 1.82) is 0 Å². The zero-order valence-electron chi connectivity index (χ0n) is 45.0.